The molecule has 5 rings (SSSR count). The second-order valence-corrected chi connectivity index (χ2v) is 8.55. The van der Waals surface area contributed by atoms with Crippen LogP contribution in [0.2, 0.25) is 0 Å². The highest BCUT2D eigenvalue weighted by atomic mass is 32.1. The van der Waals surface area contributed by atoms with Gasteiger partial charge in [-0.15, -0.1) is 11.3 Å². The third-order valence-corrected chi connectivity index (χ3v) is 6.76. The number of hydrogen-bond acceptors (Lipinski definition) is 5. The summed E-state index contributed by atoms with van der Waals surface area (Å²) in [6.07, 6.45) is 0. The van der Waals surface area contributed by atoms with Crippen molar-refractivity contribution in [3.8, 4) is 11.4 Å². The molecule has 0 aliphatic heterocycles. The Kier molecular flexibility index (Phi) is 4.83. The van der Waals surface area contributed by atoms with E-state index < -0.39 is 11.5 Å². The van der Waals surface area contributed by atoms with Crippen LogP contribution in [-0.4, -0.2) is 14.5 Å². The van der Waals surface area contributed by atoms with E-state index in [4.69, 9.17) is 4.42 Å². The maximum Gasteiger partial charge on any atom is 0.344 e. The predicted octanol–water partition coefficient (Wildman–Crippen LogP) is 4.54. The van der Waals surface area contributed by atoms with Gasteiger partial charge >= 0.3 is 5.63 Å². The normalized spacial score (nSPS) is 12.3. The molecule has 0 spiro atoms. The Morgan fingerprint density at radius 3 is 2.38 bits per heavy atom. The second kappa shape index (κ2) is 7.69. The first-order valence-electron chi connectivity index (χ1n) is 10.1. The molecule has 32 heavy (non-hydrogen) atoms. The molecule has 6 nitrogen and oxygen atoms in total. The Balaban J connectivity index is 1.85. The molecule has 0 fully saturated rings. The van der Waals surface area contributed by atoms with Gasteiger partial charge in [-0.05, 0) is 42.6 Å². The van der Waals surface area contributed by atoms with Crippen molar-refractivity contribution in [3.05, 3.63) is 115 Å². The molecule has 5 aromatic rings. The molecule has 3 aromatic heterocycles. The monoisotopic (exact) mass is 444 g/mol. The van der Waals surface area contributed by atoms with Crippen molar-refractivity contribution in [1.82, 2.24) is 9.36 Å². The first kappa shape index (κ1) is 20.1. The Morgan fingerprint density at radius 1 is 0.938 bits per heavy atom. The van der Waals surface area contributed by atoms with Crippen molar-refractivity contribution in [1.29, 1.82) is 0 Å². The SMILES string of the molecule is Cc1c([C@H](c2cccs2)c2c(O)c3ccccc3oc2=O)c(=O)n(-c2ccccc2)n1C. The molecular weight excluding hydrogens is 424 g/mol. The lowest BCUT2D eigenvalue weighted by atomic mass is 9.89. The highest BCUT2D eigenvalue weighted by molar-refractivity contribution is 7.10. The number of aromatic hydroxyl groups is 1. The van der Waals surface area contributed by atoms with Crippen LogP contribution in [0.25, 0.3) is 16.7 Å². The smallest absolute Gasteiger partial charge is 0.344 e. The van der Waals surface area contributed by atoms with Crippen molar-refractivity contribution in [2.75, 3.05) is 0 Å². The molecule has 0 aliphatic carbocycles. The fraction of sp³-hybridized carbons (Fsp3) is 0.120. The minimum absolute atomic E-state index is 0.0668. The first-order valence-corrected chi connectivity index (χ1v) is 11.0. The number of nitrogens with zero attached hydrogens (tertiary/aromatic N) is 2. The summed E-state index contributed by atoms with van der Waals surface area (Å²) in [5.74, 6) is -0.927. The van der Waals surface area contributed by atoms with Gasteiger partial charge in [0.25, 0.3) is 5.56 Å². The van der Waals surface area contributed by atoms with Crippen molar-refractivity contribution in [2.45, 2.75) is 12.8 Å². The van der Waals surface area contributed by atoms with Gasteiger partial charge in [0.1, 0.15) is 11.3 Å². The van der Waals surface area contributed by atoms with Crippen molar-refractivity contribution in [3.63, 3.8) is 0 Å². The Bertz CT molecular complexity index is 1540. The van der Waals surface area contributed by atoms with Crippen LogP contribution in [0.5, 0.6) is 5.75 Å². The summed E-state index contributed by atoms with van der Waals surface area (Å²) < 4.78 is 8.89. The highest BCUT2D eigenvalue weighted by Gasteiger charge is 2.33. The molecular formula is C25H20N2O4S. The van der Waals surface area contributed by atoms with Gasteiger partial charge in [0.2, 0.25) is 0 Å². The minimum Gasteiger partial charge on any atom is -0.507 e. The predicted molar refractivity (Wildman–Crippen MR) is 125 cm³/mol. The van der Waals surface area contributed by atoms with Gasteiger partial charge in [0, 0.05) is 17.6 Å². The van der Waals surface area contributed by atoms with Crippen LogP contribution in [0.3, 0.4) is 0 Å². The van der Waals surface area contributed by atoms with Crippen LogP contribution in [0, 0.1) is 6.92 Å². The number of benzene rings is 2. The molecule has 3 heterocycles. The Hall–Kier alpha value is -3.84. The number of para-hydroxylation sites is 2. The Labute approximate surface area is 187 Å². The van der Waals surface area contributed by atoms with E-state index in [-0.39, 0.29) is 16.9 Å². The summed E-state index contributed by atoms with van der Waals surface area (Å²) in [6.45, 7) is 1.84. The molecule has 1 atom stereocenters. The van der Waals surface area contributed by atoms with Gasteiger partial charge in [0.05, 0.1) is 28.1 Å². The average Bonchev–Trinajstić information content (AvgIpc) is 3.40. The van der Waals surface area contributed by atoms with E-state index in [1.807, 2.05) is 54.8 Å². The van der Waals surface area contributed by atoms with Gasteiger partial charge in [0.15, 0.2) is 0 Å². The lowest BCUT2D eigenvalue weighted by Gasteiger charge is -2.16. The van der Waals surface area contributed by atoms with E-state index in [0.29, 0.717) is 27.9 Å². The van der Waals surface area contributed by atoms with Crippen LogP contribution in [-0.2, 0) is 7.05 Å². The fourth-order valence-corrected chi connectivity index (χ4v) is 5.05. The zero-order valence-electron chi connectivity index (χ0n) is 17.5. The summed E-state index contributed by atoms with van der Waals surface area (Å²) in [4.78, 5) is 27.6. The quantitative estimate of drug-likeness (QED) is 0.413. The van der Waals surface area contributed by atoms with E-state index in [1.165, 1.54) is 11.3 Å². The number of thiophene rings is 1. The van der Waals surface area contributed by atoms with Crippen LogP contribution < -0.4 is 11.2 Å². The third kappa shape index (κ3) is 3.01. The van der Waals surface area contributed by atoms with Gasteiger partial charge < -0.3 is 9.52 Å². The summed E-state index contributed by atoms with van der Waals surface area (Å²) in [7, 11) is 1.81. The molecule has 7 heteroatoms. The van der Waals surface area contributed by atoms with Crippen LogP contribution in [0.4, 0.5) is 0 Å². The minimum atomic E-state index is -0.764. The molecule has 2 aromatic carbocycles. The lowest BCUT2D eigenvalue weighted by molar-refractivity contribution is 0.455. The molecule has 0 saturated heterocycles. The summed E-state index contributed by atoms with van der Waals surface area (Å²) in [5, 5.41) is 13.5. The van der Waals surface area contributed by atoms with E-state index >= 15 is 0 Å². The van der Waals surface area contributed by atoms with Crippen LogP contribution >= 0.6 is 11.3 Å². The zero-order chi connectivity index (χ0) is 22.4. The van der Waals surface area contributed by atoms with Crippen molar-refractivity contribution < 1.29 is 9.52 Å². The maximum absolute atomic E-state index is 13.7. The number of fused-ring (bicyclic) bond motifs is 1. The van der Waals surface area contributed by atoms with E-state index in [2.05, 4.69) is 0 Å². The molecule has 0 bridgehead atoms. The third-order valence-electron chi connectivity index (χ3n) is 5.82. The van der Waals surface area contributed by atoms with Gasteiger partial charge in [-0.1, -0.05) is 36.4 Å². The van der Waals surface area contributed by atoms with Gasteiger partial charge in [-0.25, -0.2) is 9.48 Å². The fourth-order valence-electron chi connectivity index (χ4n) is 4.21. The molecule has 0 saturated carbocycles. The second-order valence-electron chi connectivity index (χ2n) is 7.57. The Morgan fingerprint density at radius 2 is 1.66 bits per heavy atom. The van der Waals surface area contributed by atoms with E-state index in [9.17, 15) is 14.7 Å². The lowest BCUT2D eigenvalue weighted by Crippen LogP contribution is -2.24. The van der Waals surface area contributed by atoms with Crippen molar-refractivity contribution >= 4 is 22.3 Å². The van der Waals surface area contributed by atoms with E-state index in [1.54, 1.807) is 40.7 Å². The molecule has 160 valence electrons. The topological polar surface area (TPSA) is 77.4 Å². The van der Waals surface area contributed by atoms with Gasteiger partial charge in [-0.2, -0.15) is 0 Å². The molecule has 1 N–H and O–H groups in total. The van der Waals surface area contributed by atoms with Crippen molar-refractivity contribution in [2.24, 2.45) is 7.05 Å². The molecule has 0 radical (unpaired) electrons. The number of hydrogen-bond donors (Lipinski definition) is 1. The van der Waals surface area contributed by atoms with Crippen LogP contribution in [0.15, 0.2) is 86.1 Å². The zero-order valence-corrected chi connectivity index (χ0v) is 18.3. The summed E-state index contributed by atoms with van der Waals surface area (Å²) in [6, 6.07) is 19.9. The summed E-state index contributed by atoms with van der Waals surface area (Å²) >= 11 is 1.42. The largest absolute Gasteiger partial charge is 0.507 e. The average molecular weight is 445 g/mol. The standard InChI is InChI=1S/C25H20N2O4S/c1-15-20(24(29)27(26(15)2)16-9-4-3-5-10-16)21(19-13-8-14-32-19)22-23(28)17-11-6-7-12-18(17)31-25(22)30/h3-14,21,28H,1-2H3/t21-/m0/s1. The highest BCUT2D eigenvalue weighted by Crippen LogP contribution is 2.40. The number of aromatic nitrogens is 2. The molecule has 0 amide bonds. The molecule has 0 aliphatic rings. The van der Waals surface area contributed by atoms with Gasteiger partial charge in [-0.3, -0.25) is 9.48 Å². The van der Waals surface area contributed by atoms with E-state index in [0.717, 1.165) is 4.88 Å². The first-order chi connectivity index (χ1) is 15.5. The molecule has 0 unspecified atom stereocenters. The number of rotatable bonds is 4. The summed E-state index contributed by atoms with van der Waals surface area (Å²) in [5.41, 5.74) is 1.30. The van der Waals surface area contributed by atoms with Crippen LogP contribution in [0.1, 0.15) is 27.6 Å². The maximum atomic E-state index is 13.7.